The maximum Gasteiger partial charge on any atom is 0.0534 e. The lowest BCUT2D eigenvalue weighted by Crippen LogP contribution is -2.34. The van der Waals surface area contributed by atoms with Crippen LogP contribution in [0.5, 0.6) is 0 Å². The average molecular weight is 283 g/mol. The maximum atomic E-state index is 4.33. The van der Waals surface area contributed by atoms with E-state index in [1.165, 1.54) is 36.8 Å². The minimum Gasteiger partial charge on any atom is -0.312 e. The molecule has 1 aliphatic carbocycles. The van der Waals surface area contributed by atoms with Crippen molar-refractivity contribution in [3.63, 3.8) is 0 Å². The predicted octanol–water partition coefficient (Wildman–Crippen LogP) is 3.51. The topological polar surface area (TPSA) is 29.9 Å². The van der Waals surface area contributed by atoms with Crippen LogP contribution in [-0.4, -0.2) is 22.4 Å². The molecule has 0 unspecified atom stereocenters. The summed E-state index contributed by atoms with van der Waals surface area (Å²) in [6.45, 7) is 4.07. The number of hydrogen-bond acceptors (Lipinski definition) is 2. The van der Waals surface area contributed by atoms with Crippen LogP contribution in [0, 0.1) is 6.92 Å². The number of nitrogens with zero attached hydrogens (tertiary/aromatic N) is 2. The molecule has 1 aliphatic rings. The Kier molecular flexibility index (Phi) is 4.71. The molecule has 1 aromatic heterocycles. The molecular weight excluding hydrogens is 258 g/mol. The third-order valence-electron chi connectivity index (χ3n) is 4.53. The molecule has 0 bridgehead atoms. The van der Waals surface area contributed by atoms with E-state index in [4.69, 9.17) is 0 Å². The molecule has 3 heteroatoms. The van der Waals surface area contributed by atoms with Crippen LogP contribution in [0.4, 0.5) is 0 Å². The molecule has 1 N–H and O–H groups in total. The van der Waals surface area contributed by atoms with Crippen LogP contribution in [-0.2, 0) is 6.54 Å². The quantitative estimate of drug-likeness (QED) is 0.910. The molecule has 0 radical (unpaired) electrons. The zero-order chi connectivity index (χ0) is 14.5. The van der Waals surface area contributed by atoms with Gasteiger partial charge in [0, 0.05) is 18.8 Å². The van der Waals surface area contributed by atoms with Crippen LogP contribution in [0.15, 0.2) is 42.7 Å². The van der Waals surface area contributed by atoms with Gasteiger partial charge in [-0.25, -0.2) is 0 Å². The first-order valence-corrected chi connectivity index (χ1v) is 8.08. The second-order valence-corrected chi connectivity index (χ2v) is 6.19. The zero-order valence-corrected chi connectivity index (χ0v) is 12.8. The number of rotatable bonds is 5. The Morgan fingerprint density at radius 1 is 1.14 bits per heavy atom. The second kappa shape index (κ2) is 6.90. The third kappa shape index (κ3) is 3.94. The summed E-state index contributed by atoms with van der Waals surface area (Å²) in [4.78, 5) is 0. The number of hydrogen-bond donors (Lipinski definition) is 1. The van der Waals surface area contributed by atoms with Crippen molar-refractivity contribution in [1.82, 2.24) is 15.1 Å². The van der Waals surface area contributed by atoms with Gasteiger partial charge in [0.15, 0.2) is 0 Å². The number of nitrogens with one attached hydrogen (secondary N) is 1. The maximum absolute atomic E-state index is 4.33. The van der Waals surface area contributed by atoms with Crippen molar-refractivity contribution in [1.29, 1.82) is 0 Å². The lowest BCUT2D eigenvalue weighted by Gasteiger charge is -2.29. The SMILES string of the molecule is Cc1cnn(CCNC2CCC(c3ccccc3)CC2)c1. The molecule has 0 aliphatic heterocycles. The van der Waals surface area contributed by atoms with Crippen molar-refractivity contribution in [2.24, 2.45) is 0 Å². The number of aryl methyl sites for hydroxylation is 1. The smallest absolute Gasteiger partial charge is 0.0534 e. The van der Waals surface area contributed by atoms with Gasteiger partial charge in [0.1, 0.15) is 0 Å². The minimum absolute atomic E-state index is 0.682. The zero-order valence-electron chi connectivity index (χ0n) is 12.8. The Morgan fingerprint density at radius 2 is 1.90 bits per heavy atom. The molecule has 1 aromatic carbocycles. The van der Waals surface area contributed by atoms with E-state index >= 15 is 0 Å². The Bertz CT molecular complexity index is 539. The largest absolute Gasteiger partial charge is 0.312 e. The van der Waals surface area contributed by atoms with Gasteiger partial charge < -0.3 is 5.32 Å². The molecule has 3 nitrogen and oxygen atoms in total. The van der Waals surface area contributed by atoms with Gasteiger partial charge in [-0.15, -0.1) is 0 Å². The summed E-state index contributed by atoms with van der Waals surface area (Å²) in [7, 11) is 0. The fourth-order valence-electron chi connectivity index (χ4n) is 3.33. The highest BCUT2D eigenvalue weighted by atomic mass is 15.3. The lowest BCUT2D eigenvalue weighted by atomic mass is 9.82. The van der Waals surface area contributed by atoms with Crippen LogP contribution in [0.3, 0.4) is 0 Å². The van der Waals surface area contributed by atoms with Crippen molar-refractivity contribution in [3.8, 4) is 0 Å². The van der Waals surface area contributed by atoms with Crippen LogP contribution in [0.25, 0.3) is 0 Å². The van der Waals surface area contributed by atoms with Gasteiger partial charge in [-0.05, 0) is 49.7 Å². The third-order valence-corrected chi connectivity index (χ3v) is 4.53. The van der Waals surface area contributed by atoms with E-state index in [1.54, 1.807) is 0 Å². The summed E-state index contributed by atoms with van der Waals surface area (Å²) in [6, 6.07) is 11.7. The Morgan fingerprint density at radius 3 is 2.57 bits per heavy atom. The minimum atomic E-state index is 0.682. The monoisotopic (exact) mass is 283 g/mol. The molecule has 21 heavy (non-hydrogen) atoms. The van der Waals surface area contributed by atoms with E-state index < -0.39 is 0 Å². The molecule has 1 saturated carbocycles. The summed E-state index contributed by atoms with van der Waals surface area (Å²) in [5.74, 6) is 0.762. The first-order chi connectivity index (χ1) is 10.3. The van der Waals surface area contributed by atoms with E-state index in [0.29, 0.717) is 6.04 Å². The van der Waals surface area contributed by atoms with Crippen LogP contribution >= 0.6 is 0 Å². The second-order valence-electron chi connectivity index (χ2n) is 6.19. The first kappa shape index (κ1) is 14.3. The molecule has 0 spiro atoms. The van der Waals surface area contributed by atoms with Crippen LogP contribution < -0.4 is 5.32 Å². The van der Waals surface area contributed by atoms with E-state index in [2.05, 4.69) is 53.9 Å². The average Bonchev–Trinajstić information content (AvgIpc) is 2.94. The molecular formula is C18H25N3. The molecule has 0 saturated heterocycles. The first-order valence-electron chi connectivity index (χ1n) is 8.08. The molecule has 3 rings (SSSR count). The standard InChI is InChI=1S/C18H25N3/c1-15-13-20-21(14-15)12-11-19-18-9-7-17(8-10-18)16-5-3-2-4-6-16/h2-6,13-14,17-19H,7-12H2,1H3. The molecule has 0 atom stereocenters. The van der Waals surface area contributed by atoms with Gasteiger partial charge in [-0.3, -0.25) is 4.68 Å². The van der Waals surface area contributed by atoms with Gasteiger partial charge in [0.2, 0.25) is 0 Å². The van der Waals surface area contributed by atoms with Gasteiger partial charge in [-0.2, -0.15) is 5.10 Å². The van der Waals surface area contributed by atoms with Crippen molar-refractivity contribution < 1.29 is 0 Å². The number of benzene rings is 1. The summed E-state index contributed by atoms with van der Waals surface area (Å²) in [5, 5.41) is 8.02. The van der Waals surface area contributed by atoms with Gasteiger partial charge in [-0.1, -0.05) is 30.3 Å². The molecule has 0 amide bonds. The molecule has 2 aromatic rings. The van der Waals surface area contributed by atoms with Crippen LogP contribution in [0.1, 0.15) is 42.7 Å². The van der Waals surface area contributed by atoms with Gasteiger partial charge in [0.25, 0.3) is 0 Å². The fraction of sp³-hybridized carbons (Fsp3) is 0.500. The van der Waals surface area contributed by atoms with E-state index in [-0.39, 0.29) is 0 Å². The van der Waals surface area contributed by atoms with Crippen molar-refractivity contribution >= 4 is 0 Å². The van der Waals surface area contributed by atoms with Gasteiger partial charge >= 0.3 is 0 Å². The van der Waals surface area contributed by atoms with E-state index in [0.717, 1.165) is 19.0 Å². The lowest BCUT2D eigenvalue weighted by molar-refractivity contribution is 0.337. The predicted molar refractivity (Wildman–Crippen MR) is 86.4 cm³/mol. The van der Waals surface area contributed by atoms with E-state index in [1.807, 2.05) is 10.9 Å². The highest BCUT2D eigenvalue weighted by Gasteiger charge is 2.21. The molecule has 112 valence electrons. The Labute approximate surface area is 127 Å². The fourth-order valence-corrected chi connectivity index (χ4v) is 3.33. The highest BCUT2D eigenvalue weighted by Crippen LogP contribution is 2.32. The van der Waals surface area contributed by atoms with Crippen molar-refractivity contribution in [2.45, 2.75) is 51.1 Å². The molecule has 1 fully saturated rings. The van der Waals surface area contributed by atoms with E-state index in [9.17, 15) is 0 Å². The summed E-state index contributed by atoms with van der Waals surface area (Å²) >= 11 is 0. The summed E-state index contributed by atoms with van der Waals surface area (Å²) in [6.07, 6.45) is 9.22. The Balaban J connectivity index is 1.40. The van der Waals surface area contributed by atoms with Gasteiger partial charge in [0.05, 0.1) is 12.7 Å². The van der Waals surface area contributed by atoms with Crippen molar-refractivity contribution in [2.75, 3.05) is 6.54 Å². The summed E-state index contributed by atoms with van der Waals surface area (Å²) < 4.78 is 2.03. The molecule has 1 heterocycles. The Hall–Kier alpha value is -1.61. The summed E-state index contributed by atoms with van der Waals surface area (Å²) in [5.41, 5.74) is 2.75. The highest BCUT2D eigenvalue weighted by molar-refractivity contribution is 5.20. The number of aromatic nitrogens is 2. The van der Waals surface area contributed by atoms with Crippen LogP contribution in [0.2, 0.25) is 0 Å². The van der Waals surface area contributed by atoms with Crippen molar-refractivity contribution in [3.05, 3.63) is 53.9 Å². The normalized spacial score (nSPS) is 22.3.